The van der Waals surface area contributed by atoms with E-state index in [1.54, 1.807) is 12.1 Å². The molecule has 0 heterocycles. The predicted octanol–water partition coefficient (Wildman–Crippen LogP) is 4.83. The van der Waals surface area contributed by atoms with Gasteiger partial charge < -0.3 is 4.74 Å². The first kappa shape index (κ1) is 16.6. The second kappa shape index (κ2) is 9.49. The molecular weight excluding hydrogens is 307 g/mol. The topological polar surface area (TPSA) is 9.23 Å². The van der Waals surface area contributed by atoms with Gasteiger partial charge >= 0.3 is 0 Å². The van der Waals surface area contributed by atoms with Crippen molar-refractivity contribution >= 4 is 15.9 Å². The smallest absolute Gasteiger partial charge is 0.123 e. The quantitative estimate of drug-likeness (QED) is 0.465. The fourth-order valence-electron chi connectivity index (χ4n) is 1.90. The second-order valence-electron chi connectivity index (χ2n) is 5.44. The summed E-state index contributed by atoms with van der Waals surface area (Å²) in [7, 11) is 0. The van der Waals surface area contributed by atoms with Gasteiger partial charge in [-0.05, 0) is 48.8 Å². The first-order valence-electron chi connectivity index (χ1n) is 7.00. The van der Waals surface area contributed by atoms with Crippen molar-refractivity contribution < 1.29 is 9.13 Å². The fourth-order valence-corrected chi connectivity index (χ4v) is 2.45. The highest BCUT2D eigenvalue weighted by Crippen LogP contribution is 2.16. The van der Waals surface area contributed by atoms with Crippen molar-refractivity contribution in [2.75, 3.05) is 18.5 Å². The third kappa shape index (κ3) is 7.68. The zero-order chi connectivity index (χ0) is 14.1. The van der Waals surface area contributed by atoms with Crippen molar-refractivity contribution in [3.8, 4) is 0 Å². The molecule has 3 heteroatoms. The molecule has 1 atom stereocenters. The maximum Gasteiger partial charge on any atom is 0.123 e. The molecule has 0 amide bonds. The molecule has 0 bridgehead atoms. The van der Waals surface area contributed by atoms with Crippen molar-refractivity contribution in [3.63, 3.8) is 0 Å². The highest BCUT2D eigenvalue weighted by atomic mass is 79.9. The molecule has 0 radical (unpaired) electrons. The Labute approximate surface area is 124 Å². The Bertz CT molecular complexity index is 354. The van der Waals surface area contributed by atoms with Crippen LogP contribution in [0.1, 0.15) is 32.3 Å². The number of alkyl halides is 1. The van der Waals surface area contributed by atoms with Gasteiger partial charge in [0.2, 0.25) is 0 Å². The Morgan fingerprint density at radius 2 is 1.95 bits per heavy atom. The van der Waals surface area contributed by atoms with Crippen LogP contribution in [0, 0.1) is 17.7 Å². The molecule has 0 spiro atoms. The summed E-state index contributed by atoms with van der Waals surface area (Å²) in [6.07, 6.45) is 3.03. The summed E-state index contributed by atoms with van der Waals surface area (Å²) in [4.78, 5) is 0. The Balaban J connectivity index is 2.26. The third-order valence-corrected chi connectivity index (χ3v) is 4.06. The van der Waals surface area contributed by atoms with E-state index >= 15 is 0 Å². The van der Waals surface area contributed by atoms with Crippen LogP contribution in [-0.4, -0.2) is 18.5 Å². The van der Waals surface area contributed by atoms with Gasteiger partial charge in [-0.15, -0.1) is 0 Å². The van der Waals surface area contributed by atoms with E-state index in [1.807, 2.05) is 6.07 Å². The average Bonchev–Trinajstić information content (AvgIpc) is 2.36. The number of hydrogen-bond acceptors (Lipinski definition) is 1. The minimum Gasteiger partial charge on any atom is -0.381 e. The maximum atomic E-state index is 13.1. The molecule has 108 valence electrons. The minimum atomic E-state index is -0.154. The lowest BCUT2D eigenvalue weighted by Crippen LogP contribution is -2.11. The van der Waals surface area contributed by atoms with Gasteiger partial charge in [-0.1, -0.05) is 41.9 Å². The van der Waals surface area contributed by atoms with Crippen LogP contribution in [0.3, 0.4) is 0 Å². The summed E-state index contributed by atoms with van der Waals surface area (Å²) < 4.78 is 18.8. The number of halogens is 2. The fraction of sp³-hybridized carbons (Fsp3) is 0.625. The standard InChI is InChI=1S/C16H24BrFO/c1-13(2)6-8-19-9-7-15(12-17)10-14-4-3-5-16(18)11-14/h3-5,11,13,15H,6-10,12H2,1-2H3. The molecule has 1 rings (SSSR count). The first-order valence-corrected chi connectivity index (χ1v) is 8.12. The molecule has 1 aromatic carbocycles. The first-order chi connectivity index (χ1) is 9.11. The van der Waals surface area contributed by atoms with Gasteiger partial charge in [-0.2, -0.15) is 0 Å². The lowest BCUT2D eigenvalue weighted by molar-refractivity contribution is 0.113. The molecule has 0 aliphatic rings. The largest absolute Gasteiger partial charge is 0.381 e. The minimum absolute atomic E-state index is 0.154. The average molecular weight is 331 g/mol. The van der Waals surface area contributed by atoms with Gasteiger partial charge in [0.15, 0.2) is 0 Å². The SMILES string of the molecule is CC(C)CCOCCC(CBr)Cc1cccc(F)c1. The highest BCUT2D eigenvalue weighted by molar-refractivity contribution is 9.09. The molecule has 0 N–H and O–H groups in total. The zero-order valence-corrected chi connectivity index (χ0v) is 13.5. The lowest BCUT2D eigenvalue weighted by atomic mass is 9.98. The normalized spacial score (nSPS) is 12.9. The van der Waals surface area contributed by atoms with E-state index in [4.69, 9.17) is 4.74 Å². The van der Waals surface area contributed by atoms with Gasteiger partial charge in [0, 0.05) is 18.5 Å². The van der Waals surface area contributed by atoms with E-state index in [-0.39, 0.29) is 5.82 Å². The van der Waals surface area contributed by atoms with E-state index in [2.05, 4.69) is 29.8 Å². The second-order valence-corrected chi connectivity index (χ2v) is 6.09. The molecular formula is C16H24BrFO. The Kier molecular flexibility index (Phi) is 8.31. The van der Waals surface area contributed by atoms with Gasteiger partial charge in [-0.25, -0.2) is 4.39 Å². The van der Waals surface area contributed by atoms with E-state index in [1.165, 1.54) is 6.07 Å². The molecule has 0 aromatic heterocycles. The van der Waals surface area contributed by atoms with Crippen LogP contribution < -0.4 is 0 Å². The van der Waals surface area contributed by atoms with E-state index in [0.717, 1.165) is 43.4 Å². The van der Waals surface area contributed by atoms with E-state index < -0.39 is 0 Å². The van der Waals surface area contributed by atoms with Crippen molar-refractivity contribution in [2.45, 2.75) is 33.1 Å². The van der Waals surface area contributed by atoms with Gasteiger partial charge in [0.05, 0.1) is 0 Å². The predicted molar refractivity (Wildman–Crippen MR) is 82.3 cm³/mol. The van der Waals surface area contributed by atoms with Crippen LogP contribution in [-0.2, 0) is 11.2 Å². The summed E-state index contributed by atoms with van der Waals surface area (Å²) in [5.41, 5.74) is 1.06. The molecule has 1 unspecified atom stereocenters. The number of ether oxygens (including phenoxy) is 1. The third-order valence-electron chi connectivity index (χ3n) is 3.14. The Morgan fingerprint density at radius 1 is 1.21 bits per heavy atom. The summed E-state index contributed by atoms with van der Waals surface area (Å²) in [6.45, 7) is 6.04. The summed E-state index contributed by atoms with van der Waals surface area (Å²) in [6, 6.07) is 6.87. The summed E-state index contributed by atoms with van der Waals surface area (Å²) in [5.74, 6) is 1.04. The number of hydrogen-bond donors (Lipinski definition) is 0. The van der Waals surface area contributed by atoms with Crippen molar-refractivity contribution in [1.29, 1.82) is 0 Å². The van der Waals surface area contributed by atoms with Crippen molar-refractivity contribution in [1.82, 2.24) is 0 Å². The molecule has 1 aromatic rings. The summed E-state index contributed by atoms with van der Waals surface area (Å²) in [5, 5.41) is 0.928. The molecule has 0 saturated heterocycles. The van der Waals surface area contributed by atoms with Gasteiger partial charge in [0.25, 0.3) is 0 Å². The van der Waals surface area contributed by atoms with Crippen LogP contribution in [0.2, 0.25) is 0 Å². The highest BCUT2D eigenvalue weighted by Gasteiger charge is 2.09. The van der Waals surface area contributed by atoms with Crippen molar-refractivity contribution in [2.24, 2.45) is 11.8 Å². The molecule has 0 aliphatic carbocycles. The molecule has 19 heavy (non-hydrogen) atoms. The van der Waals surface area contributed by atoms with Crippen molar-refractivity contribution in [3.05, 3.63) is 35.6 Å². The van der Waals surface area contributed by atoms with E-state index in [0.29, 0.717) is 11.8 Å². The monoisotopic (exact) mass is 330 g/mol. The number of rotatable bonds is 9. The Hall–Kier alpha value is -0.410. The van der Waals surface area contributed by atoms with Crippen LogP contribution >= 0.6 is 15.9 Å². The maximum absolute atomic E-state index is 13.1. The summed E-state index contributed by atoms with van der Waals surface area (Å²) >= 11 is 3.53. The molecule has 0 saturated carbocycles. The molecule has 0 aliphatic heterocycles. The number of benzene rings is 1. The lowest BCUT2D eigenvalue weighted by Gasteiger charge is -2.14. The van der Waals surface area contributed by atoms with Crippen LogP contribution in [0.25, 0.3) is 0 Å². The van der Waals surface area contributed by atoms with Crippen LogP contribution in [0.5, 0.6) is 0 Å². The van der Waals surface area contributed by atoms with Crippen LogP contribution in [0.4, 0.5) is 4.39 Å². The van der Waals surface area contributed by atoms with Gasteiger partial charge in [-0.3, -0.25) is 0 Å². The molecule has 0 fully saturated rings. The Morgan fingerprint density at radius 3 is 2.58 bits per heavy atom. The van der Waals surface area contributed by atoms with E-state index in [9.17, 15) is 4.39 Å². The zero-order valence-electron chi connectivity index (χ0n) is 11.9. The molecule has 1 nitrogen and oxygen atoms in total. The van der Waals surface area contributed by atoms with Crippen LogP contribution in [0.15, 0.2) is 24.3 Å². The van der Waals surface area contributed by atoms with Gasteiger partial charge in [0.1, 0.15) is 5.82 Å².